The third-order valence-electron chi connectivity index (χ3n) is 3.79. The van der Waals surface area contributed by atoms with Gasteiger partial charge in [-0.3, -0.25) is 4.79 Å². The molecular formula is C14H27O4P. The number of ether oxygens (including phenoxy) is 2. The quantitative estimate of drug-likeness (QED) is 0.508. The molecule has 0 aromatic rings. The van der Waals surface area contributed by atoms with E-state index in [1.54, 1.807) is 6.92 Å². The molecule has 1 saturated carbocycles. The maximum Gasteiger partial charge on any atom is 0.312 e. The van der Waals surface area contributed by atoms with E-state index < -0.39 is 14.3 Å². The molecule has 1 aliphatic rings. The number of hydrogen-bond donors (Lipinski definition) is 0. The lowest BCUT2D eigenvalue weighted by Gasteiger charge is -2.28. The zero-order chi connectivity index (χ0) is 14.1. The van der Waals surface area contributed by atoms with E-state index in [1.165, 1.54) is 32.1 Å². The van der Waals surface area contributed by atoms with Crippen LogP contribution < -0.4 is 0 Å². The van der Waals surface area contributed by atoms with E-state index in [1.807, 2.05) is 6.92 Å². The van der Waals surface area contributed by atoms with E-state index in [0.29, 0.717) is 19.1 Å². The molecule has 3 unspecified atom stereocenters. The van der Waals surface area contributed by atoms with Crippen LogP contribution in [0.15, 0.2) is 0 Å². The van der Waals surface area contributed by atoms with Crippen LogP contribution in [0.5, 0.6) is 0 Å². The molecule has 112 valence electrons. The highest BCUT2D eigenvalue weighted by Crippen LogP contribution is 2.33. The summed E-state index contributed by atoms with van der Waals surface area (Å²) >= 11 is 0. The van der Waals surface area contributed by atoms with Crippen LogP contribution in [0.4, 0.5) is 0 Å². The van der Waals surface area contributed by atoms with E-state index >= 15 is 0 Å². The summed E-state index contributed by atoms with van der Waals surface area (Å²) in [7, 11) is -1.11. The summed E-state index contributed by atoms with van der Waals surface area (Å²) in [5, 5.41) is 0. The molecule has 0 radical (unpaired) electrons. The molecule has 4 nitrogen and oxygen atoms in total. The number of carbonyl (C=O) groups is 1. The lowest BCUT2D eigenvalue weighted by atomic mass is 9.83. The molecule has 0 saturated heterocycles. The first kappa shape index (κ1) is 16.7. The van der Waals surface area contributed by atoms with Gasteiger partial charge < -0.3 is 14.0 Å². The van der Waals surface area contributed by atoms with Crippen molar-refractivity contribution in [3.05, 3.63) is 0 Å². The fourth-order valence-corrected chi connectivity index (χ4v) is 3.61. The highest BCUT2D eigenvalue weighted by molar-refractivity contribution is 7.24. The van der Waals surface area contributed by atoms with Crippen molar-refractivity contribution in [3.8, 4) is 0 Å². The van der Waals surface area contributed by atoms with E-state index in [2.05, 4.69) is 0 Å². The first-order chi connectivity index (χ1) is 9.22. The smallest absolute Gasteiger partial charge is 0.312 e. The topological polar surface area (TPSA) is 52.6 Å². The van der Waals surface area contributed by atoms with Crippen LogP contribution in [0, 0.1) is 11.8 Å². The Balaban J connectivity index is 2.65. The molecular weight excluding hydrogens is 263 g/mol. The molecule has 19 heavy (non-hydrogen) atoms. The van der Waals surface area contributed by atoms with Gasteiger partial charge in [-0.2, -0.15) is 0 Å². The molecule has 0 N–H and O–H groups in total. The van der Waals surface area contributed by atoms with Gasteiger partial charge in [-0.25, -0.2) is 0 Å². The number of esters is 1. The Morgan fingerprint density at radius 1 is 1.21 bits per heavy atom. The van der Waals surface area contributed by atoms with Gasteiger partial charge in [-0.1, -0.05) is 32.1 Å². The van der Waals surface area contributed by atoms with Crippen LogP contribution in [-0.2, 0) is 18.8 Å². The lowest BCUT2D eigenvalue weighted by Crippen LogP contribution is -2.31. The molecule has 3 atom stereocenters. The van der Waals surface area contributed by atoms with E-state index in [9.17, 15) is 9.36 Å². The normalized spacial score (nSPS) is 20.5. The molecule has 1 aliphatic carbocycles. The van der Waals surface area contributed by atoms with Crippen LogP contribution in [0.2, 0.25) is 0 Å². The summed E-state index contributed by atoms with van der Waals surface area (Å²) in [5.41, 5.74) is 0. The summed E-state index contributed by atoms with van der Waals surface area (Å²) in [6.45, 7) is 4.52. The van der Waals surface area contributed by atoms with Crippen molar-refractivity contribution in [2.24, 2.45) is 11.8 Å². The summed E-state index contributed by atoms with van der Waals surface area (Å²) in [5.74, 6) is -0.492. The summed E-state index contributed by atoms with van der Waals surface area (Å²) in [6.07, 6.45) is 6.88. The van der Waals surface area contributed by atoms with Crippen LogP contribution >= 0.6 is 8.46 Å². The van der Waals surface area contributed by atoms with E-state index in [-0.39, 0.29) is 11.9 Å². The average molecular weight is 290 g/mol. The summed E-state index contributed by atoms with van der Waals surface area (Å²) < 4.78 is 22.0. The van der Waals surface area contributed by atoms with Gasteiger partial charge in [0.05, 0.1) is 21.0 Å². The molecule has 0 amide bonds. The summed E-state index contributed by atoms with van der Waals surface area (Å²) in [4.78, 5) is 12.1. The van der Waals surface area contributed by atoms with Gasteiger partial charge in [0.2, 0.25) is 0 Å². The van der Waals surface area contributed by atoms with Crippen LogP contribution in [-0.4, -0.2) is 25.0 Å². The van der Waals surface area contributed by atoms with Crippen LogP contribution in [0.25, 0.3) is 0 Å². The maximum atomic E-state index is 12.1. The lowest BCUT2D eigenvalue weighted by molar-refractivity contribution is -0.152. The third kappa shape index (κ3) is 5.66. The highest BCUT2D eigenvalue weighted by Gasteiger charge is 2.32. The zero-order valence-electron chi connectivity index (χ0n) is 12.1. The minimum absolute atomic E-state index is 0.241. The Hall–Kier alpha value is -0.340. The largest absolute Gasteiger partial charge is 0.466 e. The van der Waals surface area contributed by atoms with Crippen molar-refractivity contribution in [2.45, 2.75) is 58.2 Å². The van der Waals surface area contributed by atoms with Crippen LogP contribution in [0.3, 0.4) is 0 Å². The van der Waals surface area contributed by atoms with Gasteiger partial charge in [0.1, 0.15) is 5.85 Å². The molecule has 0 aliphatic heterocycles. The monoisotopic (exact) mass is 290 g/mol. The molecule has 0 heterocycles. The number of rotatable bonds is 8. The van der Waals surface area contributed by atoms with Crippen molar-refractivity contribution in [3.63, 3.8) is 0 Å². The molecule has 0 bridgehead atoms. The zero-order valence-corrected chi connectivity index (χ0v) is 13.3. The minimum Gasteiger partial charge on any atom is -0.466 e. The molecule has 0 aromatic heterocycles. The maximum absolute atomic E-state index is 12.1. The van der Waals surface area contributed by atoms with Crippen molar-refractivity contribution in [2.75, 3.05) is 13.2 Å². The summed E-state index contributed by atoms with van der Waals surface area (Å²) in [6, 6.07) is 0. The second kappa shape index (κ2) is 9.55. The molecule has 0 aromatic carbocycles. The van der Waals surface area contributed by atoms with Gasteiger partial charge >= 0.3 is 5.97 Å². The Bertz CT molecular complexity index is 277. The average Bonchev–Trinajstić information content (AvgIpc) is 2.44. The van der Waals surface area contributed by atoms with Gasteiger partial charge in [0, 0.05) is 6.61 Å². The fraction of sp³-hybridized carbons (Fsp3) is 0.929. The molecule has 0 spiro atoms. The van der Waals surface area contributed by atoms with E-state index in [4.69, 9.17) is 9.47 Å². The van der Waals surface area contributed by atoms with Crippen molar-refractivity contribution >= 4 is 14.4 Å². The first-order valence-corrected chi connectivity index (χ1v) is 8.60. The second-order valence-corrected chi connectivity index (χ2v) is 6.08. The minimum atomic E-state index is -1.11. The third-order valence-corrected chi connectivity index (χ3v) is 4.72. The molecule has 1 rings (SSSR count). The molecule has 5 heteroatoms. The number of carbonyl (C=O) groups excluding carboxylic acids is 1. The van der Waals surface area contributed by atoms with Gasteiger partial charge in [-0.05, 0) is 26.2 Å². The first-order valence-electron chi connectivity index (χ1n) is 7.46. The Kier molecular flexibility index (Phi) is 8.40. The van der Waals surface area contributed by atoms with Crippen molar-refractivity contribution in [1.29, 1.82) is 0 Å². The SMILES string of the molecule is CCOC(=O)C(CC1CCCCC1)C(OCC)[PH2]=O. The predicted molar refractivity (Wildman–Crippen MR) is 77.1 cm³/mol. The molecule has 1 fully saturated rings. The predicted octanol–water partition coefficient (Wildman–Crippen LogP) is 3.26. The standard InChI is InChI=1S/C14H27O4P/c1-3-17-13(15)12(14(19-16)18-4-2)10-11-8-6-5-7-9-11/h11-12,14H,3-10,19H2,1-2H3. The van der Waals surface area contributed by atoms with Gasteiger partial charge in [0.15, 0.2) is 0 Å². The van der Waals surface area contributed by atoms with E-state index in [0.717, 1.165) is 6.42 Å². The highest BCUT2D eigenvalue weighted by atomic mass is 31.1. The van der Waals surface area contributed by atoms with Crippen LogP contribution in [0.1, 0.15) is 52.4 Å². The van der Waals surface area contributed by atoms with Gasteiger partial charge in [-0.15, -0.1) is 0 Å². The van der Waals surface area contributed by atoms with Crippen molar-refractivity contribution < 1.29 is 18.8 Å². The van der Waals surface area contributed by atoms with Crippen molar-refractivity contribution in [1.82, 2.24) is 0 Å². The number of hydrogen-bond acceptors (Lipinski definition) is 4. The van der Waals surface area contributed by atoms with Gasteiger partial charge in [0.25, 0.3) is 0 Å². The Labute approximate surface area is 117 Å². The Morgan fingerprint density at radius 3 is 2.42 bits per heavy atom. The second-order valence-electron chi connectivity index (χ2n) is 5.15. The Morgan fingerprint density at radius 2 is 1.89 bits per heavy atom. The fourth-order valence-electron chi connectivity index (χ4n) is 2.84.